The first-order chi connectivity index (χ1) is 9.78. The van der Waals surface area contributed by atoms with Gasteiger partial charge in [0.2, 0.25) is 0 Å². The largest absolute Gasteiger partial charge is 0.394 e. The summed E-state index contributed by atoms with van der Waals surface area (Å²) in [6.45, 7) is -0.164. The molecular weight excluding hydrogens is 256 g/mol. The van der Waals surface area contributed by atoms with E-state index in [-0.39, 0.29) is 18.2 Å². The maximum atomic E-state index is 12.1. The Labute approximate surface area is 116 Å². The summed E-state index contributed by atoms with van der Waals surface area (Å²) in [7, 11) is 0. The van der Waals surface area contributed by atoms with Gasteiger partial charge in [-0.2, -0.15) is 0 Å². The minimum Gasteiger partial charge on any atom is -0.394 e. The van der Waals surface area contributed by atoms with E-state index in [1.165, 1.54) is 0 Å². The molecule has 5 heteroatoms. The quantitative estimate of drug-likeness (QED) is 0.873. The molecule has 0 aliphatic heterocycles. The smallest absolute Gasteiger partial charge is 0.274 e. The van der Waals surface area contributed by atoms with Crippen molar-refractivity contribution in [2.45, 2.75) is 24.8 Å². The van der Waals surface area contributed by atoms with Gasteiger partial charge in [0.15, 0.2) is 5.69 Å². The van der Waals surface area contributed by atoms with Gasteiger partial charge in [-0.05, 0) is 18.4 Å². The van der Waals surface area contributed by atoms with Crippen LogP contribution in [0.1, 0.15) is 46.6 Å². The number of rotatable bonds is 5. The molecule has 0 radical (unpaired) electrons. The molecule has 1 heterocycles. The van der Waals surface area contributed by atoms with Crippen LogP contribution in [0, 0.1) is 0 Å². The molecule has 1 atom stereocenters. The fraction of sp³-hybridized carbons (Fsp3) is 0.333. The van der Waals surface area contributed by atoms with Gasteiger partial charge in [0, 0.05) is 12.0 Å². The molecule has 0 unspecified atom stereocenters. The summed E-state index contributed by atoms with van der Waals surface area (Å²) in [6.07, 6.45) is 2.19. The molecule has 2 aromatic rings. The number of hydrogen-bond acceptors (Lipinski definition) is 4. The van der Waals surface area contributed by atoms with Crippen molar-refractivity contribution >= 4 is 5.91 Å². The van der Waals surface area contributed by atoms with Crippen molar-refractivity contribution in [3.05, 3.63) is 53.4 Å². The van der Waals surface area contributed by atoms with E-state index in [9.17, 15) is 9.90 Å². The minimum absolute atomic E-state index is 0.164. The molecule has 0 saturated heterocycles. The maximum Gasteiger partial charge on any atom is 0.274 e. The highest BCUT2D eigenvalue weighted by Gasteiger charge is 2.29. The molecule has 1 aliphatic carbocycles. The normalized spacial score (nSPS) is 15.8. The first-order valence-electron chi connectivity index (χ1n) is 6.71. The van der Waals surface area contributed by atoms with E-state index in [4.69, 9.17) is 4.52 Å². The molecule has 1 aromatic carbocycles. The first-order valence-corrected chi connectivity index (χ1v) is 6.71. The number of carbonyl (C=O) groups is 1. The van der Waals surface area contributed by atoms with Crippen LogP contribution in [0.25, 0.3) is 0 Å². The number of benzene rings is 1. The number of aromatic nitrogens is 1. The Morgan fingerprint density at radius 3 is 2.80 bits per heavy atom. The lowest BCUT2D eigenvalue weighted by atomic mass is 10.1. The van der Waals surface area contributed by atoms with Crippen molar-refractivity contribution < 1.29 is 14.4 Å². The number of hydrogen-bond donors (Lipinski definition) is 2. The standard InChI is InChI=1S/C15H16N2O3/c18-9-13(10-4-2-1-3-5-10)16-15(19)12-8-14(20-17-12)11-6-7-11/h1-5,8,11,13,18H,6-7,9H2,(H,16,19)/t13-/m0/s1. The van der Waals surface area contributed by atoms with Gasteiger partial charge in [-0.3, -0.25) is 4.79 Å². The molecule has 3 rings (SSSR count). The van der Waals surface area contributed by atoms with Crippen molar-refractivity contribution in [3.63, 3.8) is 0 Å². The Morgan fingerprint density at radius 2 is 2.15 bits per heavy atom. The summed E-state index contributed by atoms with van der Waals surface area (Å²) in [5.41, 5.74) is 1.12. The van der Waals surface area contributed by atoms with E-state index < -0.39 is 6.04 Å². The number of carbonyl (C=O) groups excluding carboxylic acids is 1. The molecule has 104 valence electrons. The summed E-state index contributed by atoms with van der Waals surface area (Å²) in [5, 5.41) is 16.0. The predicted octanol–water partition coefficient (Wildman–Crippen LogP) is 2.02. The lowest BCUT2D eigenvalue weighted by Gasteiger charge is -2.15. The van der Waals surface area contributed by atoms with E-state index in [1.54, 1.807) is 6.07 Å². The van der Waals surface area contributed by atoms with Gasteiger partial charge in [0.05, 0.1) is 12.6 Å². The van der Waals surface area contributed by atoms with Crippen LogP contribution in [-0.2, 0) is 0 Å². The van der Waals surface area contributed by atoms with Crippen LogP contribution in [0.5, 0.6) is 0 Å². The van der Waals surface area contributed by atoms with Gasteiger partial charge < -0.3 is 14.9 Å². The van der Waals surface area contributed by atoms with Gasteiger partial charge in [-0.15, -0.1) is 0 Å². The zero-order valence-electron chi connectivity index (χ0n) is 11.0. The first kappa shape index (κ1) is 12.9. The van der Waals surface area contributed by atoms with Crippen LogP contribution in [-0.4, -0.2) is 22.8 Å². The van der Waals surface area contributed by atoms with Crippen molar-refractivity contribution in [3.8, 4) is 0 Å². The van der Waals surface area contributed by atoms with Gasteiger partial charge in [0.1, 0.15) is 5.76 Å². The van der Waals surface area contributed by atoms with E-state index in [1.807, 2.05) is 30.3 Å². The molecular formula is C15H16N2O3. The Kier molecular flexibility index (Phi) is 3.52. The molecule has 5 nitrogen and oxygen atoms in total. The third-order valence-electron chi connectivity index (χ3n) is 3.43. The second-order valence-electron chi connectivity index (χ2n) is 5.01. The zero-order chi connectivity index (χ0) is 13.9. The van der Waals surface area contributed by atoms with E-state index >= 15 is 0 Å². The highest BCUT2D eigenvalue weighted by molar-refractivity contribution is 5.92. The Bertz CT molecular complexity index is 590. The highest BCUT2D eigenvalue weighted by atomic mass is 16.5. The molecule has 0 spiro atoms. The third-order valence-corrected chi connectivity index (χ3v) is 3.43. The molecule has 0 bridgehead atoms. The van der Waals surface area contributed by atoms with Crippen LogP contribution >= 0.6 is 0 Å². The molecule has 1 amide bonds. The second kappa shape index (κ2) is 5.46. The second-order valence-corrected chi connectivity index (χ2v) is 5.01. The molecule has 20 heavy (non-hydrogen) atoms. The number of aliphatic hydroxyl groups excluding tert-OH is 1. The Hall–Kier alpha value is -2.14. The summed E-state index contributed by atoms with van der Waals surface area (Å²) in [5.74, 6) is 0.866. The highest BCUT2D eigenvalue weighted by Crippen LogP contribution is 2.40. The summed E-state index contributed by atoms with van der Waals surface area (Å²) in [4.78, 5) is 12.1. The Morgan fingerprint density at radius 1 is 1.40 bits per heavy atom. The third kappa shape index (κ3) is 2.72. The Balaban J connectivity index is 1.70. The number of nitrogens with one attached hydrogen (secondary N) is 1. The van der Waals surface area contributed by atoms with Crippen LogP contribution in [0.4, 0.5) is 0 Å². The van der Waals surface area contributed by atoms with Crippen molar-refractivity contribution in [1.82, 2.24) is 10.5 Å². The van der Waals surface area contributed by atoms with Gasteiger partial charge in [-0.1, -0.05) is 35.5 Å². The maximum absolute atomic E-state index is 12.1. The van der Waals surface area contributed by atoms with Gasteiger partial charge in [-0.25, -0.2) is 0 Å². The predicted molar refractivity (Wildman–Crippen MR) is 72.2 cm³/mol. The van der Waals surface area contributed by atoms with Crippen LogP contribution in [0.15, 0.2) is 40.9 Å². The van der Waals surface area contributed by atoms with Crippen LogP contribution in [0.2, 0.25) is 0 Å². The fourth-order valence-corrected chi connectivity index (χ4v) is 2.11. The van der Waals surface area contributed by atoms with E-state index in [0.29, 0.717) is 5.92 Å². The molecule has 1 aromatic heterocycles. The number of aliphatic hydroxyl groups is 1. The van der Waals surface area contributed by atoms with Crippen molar-refractivity contribution in [2.75, 3.05) is 6.61 Å². The van der Waals surface area contributed by atoms with Crippen molar-refractivity contribution in [2.24, 2.45) is 0 Å². The molecule has 1 aliphatic rings. The monoisotopic (exact) mass is 272 g/mol. The lowest BCUT2D eigenvalue weighted by Crippen LogP contribution is -2.30. The number of nitrogens with zero attached hydrogens (tertiary/aromatic N) is 1. The van der Waals surface area contributed by atoms with Crippen LogP contribution < -0.4 is 5.32 Å². The van der Waals surface area contributed by atoms with Crippen LogP contribution in [0.3, 0.4) is 0 Å². The summed E-state index contributed by atoms with van der Waals surface area (Å²) < 4.78 is 5.16. The summed E-state index contributed by atoms with van der Waals surface area (Å²) in [6, 6.07) is 10.6. The minimum atomic E-state index is -0.440. The molecule has 1 saturated carbocycles. The molecule has 1 fully saturated rings. The van der Waals surface area contributed by atoms with Crippen molar-refractivity contribution in [1.29, 1.82) is 0 Å². The molecule has 2 N–H and O–H groups in total. The average molecular weight is 272 g/mol. The lowest BCUT2D eigenvalue weighted by molar-refractivity contribution is 0.0907. The summed E-state index contributed by atoms with van der Waals surface area (Å²) >= 11 is 0. The fourth-order valence-electron chi connectivity index (χ4n) is 2.11. The topological polar surface area (TPSA) is 75.4 Å². The van der Waals surface area contributed by atoms with E-state index in [2.05, 4.69) is 10.5 Å². The van der Waals surface area contributed by atoms with E-state index in [0.717, 1.165) is 24.2 Å². The SMILES string of the molecule is O=C(N[C@@H](CO)c1ccccc1)c1cc(C2CC2)on1. The van der Waals surface area contributed by atoms with Gasteiger partial charge in [0.25, 0.3) is 5.91 Å². The zero-order valence-corrected chi connectivity index (χ0v) is 11.0. The average Bonchev–Trinajstić information content (AvgIpc) is 3.22. The van der Waals surface area contributed by atoms with Gasteiger partial charge >= 0.3 is 0 Å². The number of amides is 1.